The Bertz CT molecular complexity index is 274. The molecule has 0 radical (unpaired) electrons. The smallest absolute Gasteiger partial charge is 0.308 e. The fraction of sp³-hybridized carbons (Fsp3) is 0.933. The number of ether oxygens (including phenoxy) is 1. The maximum atomic E-state index is 11.8. The van der Waals surface area contributed by atoms with E-state index in [1.165, 1.54) is 51.6 Å². The Kier molecular flexibility index (Phi) is 4.66. The molecule has 1 unspecified atom stereocenters. The highest BCUT2D eigenvalue weighted by Crippen LogP contribution is 2.46. The molecule has 0 aromatic heterocycles. The van der Waals surface area contributed by atoms with Crippen molar-refractivity contribution in [2.24, 2.45) is 17.3 Å². The Morgan fingerprint density at radius 3 is 2.44 bits per heavy atom. The van der Waals surface area contributed by atoms with Gasteiger partial charge < -0.3 is 10.1 Å². The molecule has 104 valence electrons. The Hall–Kier alpha value is -0.570. The van der Waals surface area contributed by atoms with Gasteiger partial charge in [-0.2, -0.15) is 0 Å². The molecular weight excluding hydrogens is 226 g/mol. The maximum Gasteiger partial charge on any atom is 0.308 e. The van der Waals surface area contributed by atoms with Crippen molar-refractivity contribution in [1.82, 2.24) is 5.32 Å². The average Bonchev–Trinajstić information content (AvgIpc) is 2.40. The van der Waals surface area contributed by atoms with E-state index in [0.29, 0.717) is 17.9 Å². The lowest BCUT2D eigenvalue weighted by atomic mass is 9.64. The van der Waals surface area contributed by atoms with Crippen LogP contribution in [0.3, 0.4) is 0 Å². The number of nitrogens with one attached hydrogen (secondary N) is 1. The van der Waals surface area contributed by atoms with Crippen molar-refractivity contribution in [2.75, 3.05) is 19.7 Å². The average molecular weight is 253 g/mol. The quantitative estimate of drug-likeness (QED) is 0.786. The van der Waals surface area contributed by atoms with Crippen molar-refractivity contribution in [3.63, 3.8) is 0 Å². The van der Waals surface area contributed by atoms with Gasteiger partial charge >= 0.3 is 5.97 Å². The van der Waals surface area contributed by atoms with Gasteiger partial charge in [-0.25, -0.2) is 0 Å². The van der Waals surface area contributed by atoms with Crippen LogP contribution < -0.4 is 5.32 Å². The summed E-state index contributed by atoms with van der Waals surface area (Å²) >= 11 is 0. The van der Waals surface area contributed by atoms with E-state index in [1.54, 1.807) is 0 Å². The van der Waals surface area contributed by atoms with E-state index in [1.807, 2.05) is 13.8 Å². The summed E-state index contributed by atoms with van der Waals surface area (Å²) in [6, 6.07) is 0. The number of piperidine rings is 1. The second kappa shape index (κ2) is 6.05. The van der Waals surface area contributed by atoms with Crippen molar-refractivity contribution in [2.45, 2.75) is 52.4 Å². The predicted molar refractivity (Wildman–Crippen MR) is 72.3 cm³/mol. The summed E-state index contributed by atoms with van der Waals surface area (Å²) in [7, 11) is 0. The van der Waals surface area contributed by atoms with Gasteiger partial charge in [-0.15, -0.1) is 0 Å². The zero-order chi connectivity index (χ0) is 13.0. The number of hydrogen-bond donors (Lipinski definition) is 1. The van der Waals surface area contributed by atoms with Crippen molar-refractivity contribution >= 4 is 5.97 Å². The van der Waals surface area contributed by atoms with Crippen molar-refractivity contribution in [1.29, 1.82) is 0 Å². The fourth-order valence-electron chi connectivity index (χ4n) is 3.68. The first kappa shape index (κ1) is 13.9. The van der Waals surface area contributed by atoms with E-state index in [-0.39, 0.29) is 11.9 Å². The molecule has 3 heteroatoms. The van der Waals surface area contributed by atoms with E-state index in [0.717, 1.165) is 0 Å². The van der Waals surface area contributed by atoms with Gasteiger partial charge in [-0.05, 0) is 69.9 Å². The lowest BCUT2D eigenvalue weighted by molar-refractivity contribution is -0.150. The van der Waals surface area contributed by atoms with E-state index < -0.39 is 0 Å². The van der Waals surface area contributed by atoms with Crippen LogP contribution in [0.25, 0.3) is 0 Å². The van der Waals surface area contributed by atoms with Gasteiger partial charge in [-0.3, -0.25) is 4.79 Å². The minimum absolute atomic E-state index is 0.00348. The largest absolute Gasteiger partial charge is 0.466 e. The fourth-order valence-corrected chi connectivity index (χ4v) is 3.68. The van der Waals surface area contributed by atoms with E-state index >= 15 is 0 Å². The van der Waals surface area contributed by atoms with Gasteiger partial charge in [-0.1, -0.05) is 6.92 Å². The summed E-state index contributed by atoms with van der Waals surface area (Å²) in [6.45, 7) is 6.79. The molecule has 18 heavy (non-hydrogen) atoms. The van der Waals surface area contributed by atoms with Crippen LogP contribution in [0.15, 0.2) is 0 Å². The number of hydrogen-bond acceptors (Lipinski definition) is 3. The van der Waals surface area contributed by atoms with E-state index in [4.69, 9.17) is 4.74 Å². The molecule has 1 aliphatic heterocycles. The van der Waals surface area contributed by atoms with Crippen LogP contribution in [0, 0.1) is 17.3 Å². The van der Waals surface area contributed by atoms with Gasteiger partial charge in [0.15, 0.2) is 0 Å². The van der Waals surface area contributed by atoms with E-state index in [9.17, 15) is 4.79 Å². The number of carbonyl (C=O) groups is 1. The van der Waals surface area contributed by atoms with Crippen LogP contribution in [-0.2, 0) is 9.53 Å². The molecule has 0 bridgehead atoms. The molecule has 0 aromatic rings. The van der Waals surface area contributed by atoms with Crippen molar-refractivity contribution in [3.8, 4) is 0 Å². The molecular formula is C15H27NO2. The highest BCUT2D eigenvalue weighted by atomic mass is 16.5. The zero-order valence-corrected chi connectivity index (χ0v) is 11.8. The molecule has 2 rings (SSSR count). The normalized spacial score (nSPS) is 25.9. The molecule has 3 nitrogen and oxygen atoms in total. The monoisotopic (exact) mass is 253 g/mol. The van der Waals surface area contributed by atoms with Gasteiger partial charge in [0.2, 0.25) is 0 Å². The second-order valence-electron chi connectivity index (χ2n) is 6.13. The zero-order valence-electron chi connectivity index (χ0n) is 11.8. The van der Waals surface area contributed by atoms with Crippen LogP contribution >= 0.6 is 0 Å². The van der Waals surface area contributed by atoms with Crippen LogP contribution in [0.5, 0.6) is 0 Å². The topological polar surface area (TPSA) is 38.3 Å². The summed E-state index contributed by atoms with van der Waals surface area (Å²) in [5.41, 5.74) is 0.593. The van der Waals surface area contributed by atoms with Crippen molar-refractivity contribution < 1.29 is 9.53 Å². The molecule has 0 amide bonds. The highest BCUT2D eigenvalue weighted by molar-refractivity contribution is 5.72. The van der Waals surface area contributed by atoms with Crippen molar-refractivity contribution in [3.05, 3.63) is 0 Å². The summed E-state index contributed by atoms with van der Waals surface area (Å²) in [5.74, 6) is 0.636. The standard InChI is InChI=1S/C15H27NO2/c1-3-18-14(17)12(2)13-4-6-15(7-5-13)8-10-16-11-9-15/h12-13,16H,3-11H2,1-2H3. The molecule has 1 aliphatic carbocycles. The molecule has 0 aromatic carbocycles. The number of esters is 1. The number of carbonyl (C=O) groups excluding carboxylic acids is 1. The third-order valence-corrected chi connectivity index (χ3v) is 5.12. The number of rotatable bonds is 3. The summed E-state index contributed by atoms with van der Waals surface area (Å²) in [5, 5.41) is 3.45. The Morgan fingerprint density at radius 1 is 1.28 bits per heavy atom. The van der Waals surface area contributed by atoms with Crippen LogP contribution in [0.4, 0.5) is 0 Å². The SMILES string of the molecule is CCOC(=O)C(C)C1CCC2(CCNCC2)CC1. The van der Waals surface area contributed by atoms with Gasteiger partial charge in [0.25, 0.3) is 0 Å². The van der Waals surface area contributed by atoms with Gasteiger partial charge in [0, 0.05) is 0 Å². The Balaban J connectivity index is 1.84. The molecule has 1 atom stereocenters. The minimum Gasteiger partial charge on any atom is -0.466 e. The molecule has 1 saturated heterocycles. The molecule has 1 N–H and O–H groups in total. The highest BCUT2D eigenvalue weighted by Gasteiger charge is 2.38. The van der Waals surface area contributed by atoms with Gasteiger partial charge in [0.1, 0.15) is 0 Å². The van der Waals surface area contributed by atoms with Crippen LogP contribution in [0.2, 0.25) is 0 Å². The summed E-state index contributed by atoms with van der Waals surface area (Å²) in [6.07, 6.45) is 7.69. The predicted octanol–water partition coefficient (Wildman–Crippen LogP) is 2.75. The first-order valence-corrected chi connectivity index (χ1v) is 7.54. The summed E-state index contributed by atoms with van der Waals surface area (Å²) in [4.78, 5) is 11.8. The maximum absolute atomic E-state index is 11.8. The molecule has 1 heterocycles. The Labute approximate surface area is 111 Å². The van der Waals surface area contributed by atoms with E-state index in [2.05, 4.69) is 5.32 Å². The lowest BCUT2D eigenvalue weighted by Gasteiger charge is -2.44. The second-order valence-corrected chi connectivity index (χ2v) is 6.13. The lowest BCUT2D eigenvalue weighted by Crippen LogP contribution is -2.40. The van der Waals surface area contributed by atoms with Crippen LogP contribution in [-0.4, -0.2) is 25.7 Å². The summed E-state index contributed by atoms with van der Waals surface area (Å²) < 4.78 is 5.14. The molecule has 1 spiro atoms. The van der Waals surface area contributed by atoms with Gasteiger partial charge in [0.05, 0.1) is 12.5 Å². The molecule has 2 fully saturated rings. The molecule has 1 saturated carbocycles. The third kappa shape index (κ3) is 3.05. The minimum atomic E-state index is 0.00348. The molecule has 2 aliphatic rings. The first-order chi connectivity index (χ1) is 8.67. The van der Waals surface area contributed by atoms with Crippen LogP contribution in [0.1, 0.15) is 52.4 Å². The third-order valence-electron chi connectivity index (χ3n) is 5.12. The first-order valence-electron chi connectivity index (χ1n) is 7.54. The Morgan fingerprint density at radius 2 is 1.89 bits per heavy atom.